The zero-order valence-corrected chi connectivity index (χ0v) is 18.5. The van der Waals surface area contributed by atoms with Gasteiger partial charge in [-0.2, -0.15) is 18.3 Å². The molecule has 2 aliphatic rings. The average Bonchev–Trinajstić information content (AvgIpc) is 3.26. The van der Waals surface area contributed by atoms with Crippen molar-refractivity contribution in [2.75, 3.05) is 59.0 Å². The molecule has 0 N–H and O–H groups in total. The Bertz CT molecular complexity index is 1010. The minimum absolute atomic E-state index is 0.00434. The number of hydrogen-bond donors (Lipinski definition) is 0. The molecular formula is C21H23ClF3N5O3. The third-order valence-electron chi connectivity index (χ3n) is 5.68. The van der Waals surface area contributed by atoms with E-state index in [0.29, 0.717) is 39.4 Å². The van der Waals surface area contributed by atoms with Crippen molar-refractivity contribution in [1.29, 1.82) is 0 Å². The Morgan fingerprint density at radius 3 is 2.30 bits per heavy atom. The van der Waals surface area contributed by atoms with Crippen molar-refractivity contribution in [3.8, 4) is 5.69 Å². The predicted molar refractivity (Wildman–Crippen MR) is 113 cm³/mol. The van der Waals surface area contributed by atoms with Gasteiger partial charge in [0.1, 0.15) is 5.69 Å². The number of hydrogen-bond acceptors (Lipinski definition) is 5. The van der Waals surface area contributed by atoms with Crippen LogP contribution in [0.25, 0.3) is 5.69 Å². The summed E-state index contributed by atoms with van der Waals surface area (Å²) in [5, 5.41) is 3.80. The van der Waals surface area contributed by atoms with E-state index in [9.17, 15) is 22.8 Å². The molecule has 0 saturated carbocycles. The van der Waals surface area contributed by atoms with Gasteiger partial charge in [0, 0.05) is 45.3 Å². The number of ether oxygens (including phenoxy) is 1. The van der Waals surface area contributed by atoms with Gasteiger partial charge in [-0.3, -0.25) is 14.5 Å². The van der Waals surface area contributed by atoms with Crippen LogP contribution in [0.4, 0.5) is 13.2 Å². The first-order valence-corrected chi connectivity index (χ1v) is 10.9. The maximum absolute atomic E-state index is 13.3. The lowest BCUT2D eigenvalue weighted by atomic mass is 10.2. The molecule has 12 heteroatoms. The molecule has 4 rings (SSSR count). The number of rotatable bonds is 4. The number of nitrogens with zero attached hydrogens (tertiary/aromatic N) is 5. The Kier molecular flexibility index (Phi) is 6.91. The molecule has 0 bridgehead atoms. The van der Waals surface area contributed by atoms with Gasteiger partial charge in [-0.1, -0.05) is 23.7 Å². The van der Waals surface area contributed by atoms with Crippen LogP contribution in [0.2, 0.25) is 5.02 Å². The Morgan fingerprint density at radius 1 is 1.00 bits per heavy atom. The third kappa shape index (κ3) is 5.31. The van der Waals surface area contributed by atoms with Gasteiger partial charge in [0.25, 0.3) is 5.91 Å². The fraction of sp³-hybridized carbons (Fsp3) is 0.476. The fourth-order valence-electron chi connectivity index (χ4n) is 3.85. The van der Waals surface area contributed by atoms with Crippen molar-refractivity contribution >= 4 is 23.4 Å². The second kappa shape index (κ2) is 9.70. The number of amides is 2. The largest absolute Gasteiger partial charge is 0.435 e. The van der Waals surface area contributed by atoms with Gasteiger partial charge in [0.2, 0.25) is 5.91 Å². The molecule has 2 amide bonds. The van der Waals surface area contributed by atoms with E-state index in [1.165, 1.54) is 17.0 Å². The van der Waals surface area contributed by atoms with Gasteiger partial charge in [-0.25, -0.2) is 4.68 Å². The summed E-state index contributed by atoms with van der Waals surface area (Å²) in [5.74, 6) is -0.568. The minimum Gasteiger partial charge on any atom is -0.378 e. The topological polar surface area (TPSA) is 70.9 Å². The fourth-order valence-corrected chi connectivity index (χ4v) is 4.07. The molecule has 2 aromatic rings. The van der Waals surface area contributed by atoms with Crippen LogP contribution in [-0.2, 0) is 15.7 Å². The zero-order chi connectivity index (χ0) is 23.6. The Hall–Kier alpha value is -2.63. The number of halogens is 4. The van der Waals surface area contributed by atoms with Gasteiger partial charge in [0.05, 0.1) is 30.5 Å². The summed E-state index contributed by atoms with van der Waals surface area (Å²) >= 11 is 6.16. The van der Waals surface area contributed by atoms with Crippen LogP contribution >= 0.6 is 11.6 Å². The molecule has 0 radical (unpaired) electrons. The normalized spacial score (nSPS) is 17.9. The number of benzene rings is 1. The first-order valence-electron chi connectivity index (χ1n) is 10.5. The molecule has 33 heavy (non-hydrogen) atoms. The molecule has 3 heterocycles. The molecule has 8 nitrogen and oxygen atoms in total. The smallest absolute Gasteiger partial charge is 0.378 e. The summed E-state index contributed by atoms with van der Waals surface area (Å²) in [6, 6.07) is 7.01. The zero-order valence-electron chi connectivity index (χ0n) is 17.7. The van der Waals surface area contributed by atoms with Gasteiger partial charge >= 0.3 is 6.18 Å². The van der Waals surface area contributed by atoms with Crippen molar-refractivity contribution in [2.24, 2.45) is 0 Å². The number of morpholine rings is 1. The molecule has 0 unspecified atom stereocenters. The maximum Gasteiger partial charge on any atom is 0.435 e. The highest BCUT2D eigenvalue weighted by Gasteiger charge is 2.37. The summed E-state index contributed by atoms with van der Waals surface area (Å²) < 4.78 is 46.2. The van der Waals surface area contributed by atoms with Crippen LogP contribution in [0.5, 0.6) is 0 Å². The summed E-state index contributed by atoms with van der Waals surface area (Å²) in [4.78, 5) is 30.8. The molecule has 2 saturated heterocycles. The van der Waals surface area contributed by atoms with Crippen LogP contribution < -0.4 is 0 Å². The van der Waals surface area contributed by atoms with Crippen molar-refractivity contribution < 1.29 is 27.5 Å². The van der Waals surface area contributed by atoms with Gasteiger partial charge in [0.15, 0.2) is 5.69 Å². The number of piperazine rings is 1. The number of carbonyl (C=O) groups is 2. The van der Waals surface area contributed by atoms with E-state index in [-0.39, 0.29) is 41.9 Å². The standard InChI is InChI=1S/C21H23ClF3N5O3/c22-15-3-1-2-4-16(15)30-17(13-18(26-30)21(23,24)25)20(32)29-7-5-27(6-8-29)14-19(31)28-9-11-33-12-10-28/h1-4,13H,5-12,14H2. The van der Waals surface area contributed by atoms with Crippen LogP contribution in [-0.4, -0.2) is 95.3 Å². The number of para-hydroxylation sites is 1. The Labute approximate surface area is 193 Å². The van der Waals surface area contributed by atoms with E-state index >= 15 is 0 Å². The van der Waals surface area contributed by atoms with Crippen LogP contribution in [0.3, 0.4) is 0 Å². The highest BCUT2D eigenvalue weighted by atomic mass is 35.5. The van der Waals surface area contributed by atoms with Gasteiger partial charge in [-0.05, 0) is 12.1 Å². The number of aromatic nitrogens is 2. The quantitative estimate of drug-likeness (QED) is 0.664. The van der Waals surface area contributed by atoms with Crippen molar-refractivity contribution in [3.63, 3.8) is 0 Å². The van der Waals surface area contributed by atoms with Crippen molar-refractivity contribution in [3.05, 3.63) is 46.7 Å². The molecule has 2 fully saturated rings. The lowest BCUT2D eigenvalue weighted by molar-refractivity contribution is -0.141. The van der Waals surface area contributed by atoms with Crippen LogP contribution in [0, 0.1) is 0 Å². The Morgan fingerprint density at radius 2 is 1.67 bits per heavy atom. The molecule has 1 aromatic heterocycles. The second-order valence-corrected chi connectivity index (χ2v) is 8.24. The van der Waals surface area contributed by atoms with Gasteiger partial charge < -0.3 is 14.5 Å². The minimum atomic E-state index is -4.71. The van der Waals surface area contributed by atoms with Crippen molar-refractivity contribution in [1.82, 2.24) is 24.5 Å². The lowest BCUT2D eigenvalue weighted by Crippen LogP contribution is -2.52. The molecular weight excluding hydrogens is 463 g/mol. The molecule has 0 atom stereocenters. The summed E-state index contributed by atoms with van der Waals surface area (Å²) in [7, 11) is 0. The maximum atomic E-state index is 13.3. The van der Waals surface area contributed by atoms with E-state index in [2.05, 4.69) is 5.10 Å². The monoisotopic (exact) mass is 485 g/mol. The van der Waals surface area contributed by atoms with Crippen LogP contribution in [0.15, 0.2) is 30.3 Å². The van der Waals surface area contributed by atoms with E-state index in [1.807, 2.05) is 4.90 Å². The van der Waals surface area contributed by atoms with E-state index < -0.39 is 17.8 Å². The first-order chi connectivity index (χ1) is 15.7. The second-order valence-electron chi connectivity index (χ2n) is 7.84. The highest BCUT2D eigenvalue weighted by Crippen LogP contribution is 2.31. The summed E-state index contributed by atoms with van der Waals surface area (Å²) in [5.41, 5.74) is -1.19. The van der Waals surface area contributed by atoms with E-state index in [4.69, 9.17) is 16.3 Å². The summed E-state index contributed by atoms with van der Waals surface area (Å²) in [6.07, 6.45) is -4.71. The van der Waals surface area contributed by atoms with E-state index in [0.717, 1.165) is 10.7 Å². The van der Waals surface area contributed by atoms with Crippen molar-refractivity contribution in [2.45, 2.75) is 6.18 Å². The van der Waals surface area contributed by atoms with Gasteiger partial charge in [-0.15, -0.1) is 0 Å². The average molecular weight is 486 g/mol. The lowest BCUT2D eigenvalue weighted by Gasteiger charge is -2.36. The summed E-state index contributed by atoms with van der Waals surface area (Å²) in [6.45, 7) is 3.84. The predicted octanol–water partition coefficient (Wildman–Crippen LogP) is 2.16. The number of alkyl halides is 3. The van der Waals surface area contributed by atoms with Crippen LogP contribution in [0.1, 0.15) is 16.2 Å². The highest BCUT2D eigenvalue weighted by molar-refractivity contribution is 6.32. The first kappa shape index (κ1) is 23.5. The molecule has 0 aliphatic carbocycles. The molecule has 178 valence electrons. The third-order valence-corrected chi connectivity index (χ3v) is 6.00. The number of carbonyl (C=O) groups excluding carboxylic acids is 2. The SMILES string of the molecule is O=C(CN1CCN(C(=O)c2cc(C(F)(F)F)nn2-c2ccccc2Cl)CC1)N1CCOCC1. The molecule has 0 spiro atoms. The molecule has 2 aliphatic heterocycles. The molecule has 1 aromatic carbocycles. The van der Waals surface area contributed by atoms with E-state index in [1.54, 1.807) is 17.0 Å². The Balaban J connectivity index is 1.47.